The van der Waals surface area contributed by atoms with Crippen LogP contribution in [0.5, 0.6) is 0 Å². The number of nitrogens with zero attached hydrogens (tertiary/aromatic N) is 4. The zero-order chi connectivity index (χ0) is 11.9. The van der Waals surface area contributed by atoms with Crippen LogP contribution in [0.3, 0.4) is 0 Å². The summed E-state index contributed by atoms with van der Waals surface area (Å²) >= 11 is 0. The highest BCUT2D eigenvalue weighted by atomic mass is 15.2. The van der Waals surface area contributed by atoms with Crippen molar-refractivity contribution in [3.8, 4) is 17.3 Å². The van der Waals surface area contributed by atoms with Crippen LogP contribution in [-0.2, 0) is 0 Å². The molecule has 0 aliphatic carbocycles. The fraction of sp³-hybridized carbons (Fsp3) is 0.167. The van der Waals surface area contributed by atoms with Crippen molar-refractivity contribution in [2.75, 3.05) is 11.9 Å². The second kappa shape index (κ2) is 5.56. The van der Waals surface area contributed by atoms with Gasteiger partial charge in [0, 0.05) is 24.5 Å². The van der Waals surface area contributed by atoms with Gasteiger partial charge in [-0.3, -0.25) is 4.98 Å². The van der Waals surface area contributed by atoms with Gasteiger partial charge in [-0.2, -0.15) is 5.26 Å². The van der Waals surface area contributed by atoms with Gasteiger partial charge in [0.1, 0.15) is 5.82 Å². The molecule has 5 nitrogen and oxygen atoms in total. The number of aromatic nitrogens is 3. The van der Waals surface area contributed by atoms with Crippen LogP contribution < -0.4 is 5.32 Å². The zero-order valence-electron chi connectivity index (χ0n) is 9.17. The van der Waals surface area contributed by atoms with Crippen LogP contribution in [0.1, 0.15) is 6.42 Å². The fourth-order valence-corrected chi connectivity index (χ4v) is 1.35. The van der Waals surface area contributed by atoms with E-state index >= 15 is 0 Å². The highest BCUT2D eigenvalue weighted by Gasteiger charge is 1.99. The van der Waals surface area contributed by atoms with Gasteiger partial charge in [0.05, 0.1) is 18.2 Å². The molecule has 0 aromatic carbocycles. The van der Waals surface area contributed by atoms with Gasteiger partial charge in [-0.15, -0.1) is 10.2 Å². The summed E-state index contributed by atoms with van der Waals surface area (Å²) in [5, 5.41) is 19.6. The third-order valence-corrected chi connectivity index (χ3v) is 2.18. The van der Waals surface area contributed by atoms with E-state index in [0.717, 1.165) is 11.3 Å². The van der Waals surface area contributed by atoms with E-state index in [9.17, 15) is 0 Å². The number of hydrogen-bond donors (Lipinski definition) is 1. The molecule has 84 valence electrons. The molecule has 0 saturated heterocycles. The lowest BCUT2D eigenvalue weighted by atomic mass is 10.2. The standard InChI is InChI=1S/C12H11N5/c13-6-1-7-15-12-3-2-11(16-17-12)10-4-8-14-9-5-10/h2-5,8-9H,1,7H2,(H,15,17). The molecule has 0 fully saturated rings. The van der Waals surface area contributed by atoms with Crippen LogP contribution in [0.15, 0.2) is 36.7 Å². The Bertz CT molecular complexity index is 501. The first kappa shape index (κ1) is 11.0. The predicted molar refractivity (Wildman–Crippen MR) is 64.0 cm³/mol. The van der Waals surface area contributed by atoms with Gasteiger partial charge in [-0.25, -0.2) is 0 Å². The molecule has 2 aromatic rings. The van der Waals surface area contributed by atoms with E-state index in [-0.39, 0.29) is 0 Å². The average molecular weight is 225 g/mol. The molecule has 0 aliphatic heterocycles. The molecule has 0 amide bonds. The Morgan fingerprint density at radius 2 is 1.94 bits per heavy atom. The van der Waals surface area contributed by atoms with Crippen molar-refractivity contribution in [1.29, 1.82) is 5.26 Å². The quantitative estimate of drug-likeness (QED) is 0.804. The minimum atomic E-state index is 0.452. The van der Waals surface area contributed by atoms with Crippen LogP contribution in [0.25, 0.3) is 11.3 Å². The number of pyridine rings is 1. The van der Waals surface area contributed by atoms with Gasteiger partial charge in [-0.1, -0.05) is 0 Å². The lowest BCUT2D eigenvalue weighted by Gasteiger charge is -2.03. The van der Waals surface area contributed by atoms with E-state index < -0.39 is 0 Å². The molecular weight excluding hydrogens is 214 g/mol. The highest BCUT2D eigenvalue weighted by Crippen LogP contribution is 2.15. The molecule has 1 N–H and O–H groups in total. The molecular formula is C12H11N5. The van der Waals surface area contributed by atoms with E-state index in [4.69, 9.17) is 5.26 Å². The first-order valence-electron chi connectivity index (χ1n) is 5.25. The Balaban J connectivity index is 2.06. The molecule has 0 unspecified atom stereocenters. The molecule has 0 aliphatic rings. The molecule has 0 radical (unpaired) electrons. The van der Waals surface area contributed by atoms with Crippen LogP contribution >= 0.6 is 0 Å². The number of nitriles is 1. The third kappa shape index (κ3) is 2.98. The summed E-state index contributed by atoms with van der Waals surface area (Å²) in [7, 11) is 0. The second-order valence-electron chi connectivity index (χ2n) is 3.37. The third-order valence-electron chi connectivity index (χ3n) is 2.18. The molecule has 0 spiro atoms. The first-order chi connectivity index (χ1) is 8.40. The maximum absolute atomic E-state index is 8.41. The predicted octanol–water partition coefficient (Wildman–Crippen LogP) is 1.86. The lowest BCUT2D eigenvalue weighted by Crippen LogP contribution is -2.03. The fourth-order valence-electron chi connectivity index (χ4n) is 1.35. The summed E-state index contributed by atoms with van der Waals surface area (Å²) in [6.07, 6.45) is 3.89. The van der Waals surface area contributed by atoms with Crippen LogP contribution in [0.2, 0.25) is 0 Å². The van der Waals surface area contributed by atoms with E-state index in [1.807, 2.05) is 24.3 Å². The normalized spacial score (nSPS) is 9.59. The number of anilines is 1. The van der Waals surface area contributed by atoms with Gasteiger partial charge in [0.15, 0.2) is 0 Å². The van der Waals surface area contributed by atoms with Crippen molar-refractivity contribution in [3.63, 3.8) is 0 Å². The van der Waals surface area contributed by atoms with Crippen LogP contribution in [0, 0.1) is 11.3 Å². The summed E-state index contributed by atoms with van der Waals surface area (Å²) in [5.41, 5.74) is 1.79. The Morgan fingerprint density at radius 3 is 2.59 bits per heavy atom. The van der Waals surface area contributed by atoms with E-state index in [0.29, 0.717) is 18.8 Å². The average Bonchev–Trinajstić information content (AvgIpc) is 2.41. The monoisotopic (exact) mass is 225 g/mol. The summed E-state index contributed by atoms with van der Waals surface area (Å²) in [5.74, 6) is 0.679. The zero-order valence-corrected chi connectivity index (χ0v) is 9.17. The maximum atomic E-state index is 8.41. The second-order valence-corrected chi connectivity index (χ2v) is 3.37. The molecule has 0 saturated carbocycles. The highest BCUT2D eigenvalue weighted by molar-refractivity contribution is 5.58. The van der Waals surface area contributed by atoms with Gasteiger partial charge >= 0.3 is 0 Å². The summed E-state index contributed by atoms with van der Waals surface area (Å²) in [6, 6.07) is 9.55. The molecule has 17 heavy (non-hydrogen) atoms. The maximum Gasteiger partial charge on any atom is 0.148 e. The van der Waals surface area contributed by atoms with Crippen molar-refractivity contribution in [2.45, 2.75) is 6.42 Å². The van der Waals surface area contributed by atoms with Crippen molar-refractivity contribution >= 4 is 5.82 Å². The molecule has 0 bridgehead atoms. The molecule has 2 rings (SSSR count). The van der Waals surface area contributed by atoms with Crippen molar-refractivity contribution in [3.05, 3.63) is 36.7 Å². The van der Waals surface area contributed by atoms with Crippen LogP contribution in [-0.4, -0.2) is 21.7 Å². The summed E-state index contributed by atoms with van der Waals surface area (Å²) in [4.78, 5) is 3.95. The Morgan fingerprint density at radius 1 is 1.12 bits per heavy atom. The Kier molecular flexibility index (Phi) is 3.61. The summed E-state index contributed by atoms with van der Waals surface area (Å²) in [6.45, 7) is 0.583. The number of rotatable bonds is 4. The molecule has 2 aromatic heterocycles. The smallest absolute Gasteiger partial charge is 0.148 e. The molecule has 2 heterocycles. The number of nitrogens with one attached hydrogen (secondary N) is 1. The minimum Gasteiger partial charge on any atom is -0.368 e. The first-order valence-corrected chi connectivity index (χ1v) is 5.25. The van der Waals surface area contributed by atoms with Crippen molar-refractivity contribution in [1.82, 2.24) is 15.2 Å². The van der Waals surface area contributed by atoms with Gasteiger partial charge in [-0.05, 0) is 24.3 Å². The number of hydrogen-bond acceptors (Lipinski definition) is 5. The van der Waals surface area contributed by atoms with Gasteiger partial charge in [0.2, 0.25) is 0 Å². The van der Waals surface area contributed by atoms with Crippen molar-refractivity contribution in [2.24, 2.45) is 0 Å². The SMILES string of the molecule is N#CCCNc1ccc(-c2ccncc2)nn1. The molecule has 0 atom stereocenters. The lowest BCUT2D eigenvalue weighted by molar-refractivity contribution is 0.992. The van der Waals surface area contributed by atoms with E-state index in [1.54, 1.807) is 12.4 Å². The molecule has 5 heteroatoms. The van der Waals surface area contributed by atoms with Crippen LogP contribution in [0.4, 0.5) is 5.82 Å². The largest absolute Gasteiger partial charge is 0.368 e. The topological polar surface area (TPSA) is 74.5 Å². The van der Waals surface area contributed by atoms with E-state index in [1.165, 1.54) is 0 Å². The van der Waals surface area contributed by atoms with E-state index in [2.05, 4.69) is 26.6 Å². The Hall–Kier alpha value is -2.48. The Labute approximate surface area is 99.2 Å². The van der Waals surface area contributed by atoms with Crippen molar-refractivity contribution < 1.29 is 0 Å². The van der Waals surface area contributed by atoms with Gasteiger partial charge < -0.3 is 5.32 Å². The van der Waals surface area contributed by atoms with Gasteiger partial charge in [0.25, 0.3) is 0 Å². The minimum absolute atomic E-state index is 0.452. The summed E-state index contributed by atoms with van der Waals surface area (Å²) < 4.78 is 0.